The Morgan fingerprint density at radius 3 is 2.88 bits per heavy atom. The van der Waals surface area contributed by atoms with Gasteiger partial charge in [0.25, 0.3) is 0 Å². The fourth-order valence-corrected chi connectivity index (χ4v) is 2.72. The molecule has 1 aromatic carbocycles. The van der Waals surface area contributed by atoms with Crippen LogP contribution in [0.25, 0.3) is 0 Å². The van der Waals surface area contributed by atoms with E-state index in [1.165, 1.54) is 0 Å². The maximum absolute atomic E-state index is 9.12. The van der Waals surface area contributed by atoms with Gasteiger partial charge in [-0.3, -0.25) is 5.41 Å². The summed E-state index contributed by atoms with van der Waals surface area (Å²) in [7, 11) is 0. The number of aliphatic hydroxyl groups excluding tert-OH is 1. The van der Waals surface area contributed by atoms with Crippen molar-refractivity contribution >= 4 is 27.5 Å². The monoisotopic (exact) mass is 297 g/mol. The second kappa shape index (κ2) is 5.06. The summed E-state index contributed by atoms with van der Waals surface area (Å²) >= 11 is 3.43. The van der Waals surface area contributed by atoms with E-state index in [0.717, 1.165) is 29.7 Å². The molecule has 0 saturated carbocycles. The average Bonchev–Trinajstić information content (AvgIpc) is 2.76. The van der Waals surface area contributed by atoms with Gasteiger partial charge in [0, 0.05) is 41.3 Å². The Balaban J connectivity index is 2.18. The first-order valence-electron chi connectivity index (χ1n) is 5.61. The number of hydrogen-bond acceptors (Lipinski definition) is 3. The molecule has 5 heteroatoms. The predicted molar refractivity (Wildman–Crippen MR) is 72.6 cm³/mol. The van der Waals surface area contributed by atoms with Crippen molar-refractivity contribution in [3.05, 3.63) is 28.2 Å². The Kier molecular flexibility index (Phi) is 3.69. The number of nitrogens with two attached hydrogens (primary N) is 1. The van der Waals surface area contributed by atoms with E-state index >= 15 is 0 Å². The quantitative estimate of drug-likeness (QED) is 0.585. The molecule has 1 aromatic rings. The van der Waals surface area contributed by atoms with Crippen LogP contribution in [0.4, 0.5) is 5.69 Å². The molecule has 1 saturated heterocycles. The van der Waals surface area contributed by atoms with Crippen molar-refractivity contribution in [3.8, 4) is 0 Å². The highest BCUT2D eigenvalue weighted by Crippen LogP contribution is 2.28. The van der Waals surface area contributed by atoms with E-state index in [4.69, 9.17) is 16.2 Å². The van der Waals surface area contributed by atoms with Crippen LogP contribution in [0.2, 0.25) is 0 Å². The van der Waals surface area contributed by atoms with Crippen LogP contribution in [0.3, 0.4) is 0 Å². The predicted octanol–water partition coefficient (Wildman–Crippen LogP) is 1.55. The minimum absolute atomic E-state index is 0.0677. The molecule has 0 aliphatic carbocycles. The van der Waals surface area contributed by atoms with Crippen LogP contribution < -0.4 is 10.6 Å². The van der Waals surface area contributed by atoms with Gasteiger partial charge in [-0.2, -0.15) is 0 Å². The van der Waals surface area contributed by atoms with Crippen molar-refractivity contribution < 1.29 is 5.11 Å². The lowest BCUT2D eigenvalue weighted by Crippen LogP contribution is -2.21. The number of amidine groups is 1. The third-order valence-electron chi connectivity index (χ3n) is 3.15. The van der Waals surface area contributed by atoms with Crippen LogP contribution >= 0.6 is 15.9 Å². The van der Waals surface area contributed by atoms with Gasteiger partial charge in [0.2, 0.25) is 0 Å². The van der Waals surface area contributed by atoms with Crippen molar-refractivity contribution in [2.24, 2.45) is 11.7 Å². The maximum Gasteiger partial charge on any atom is 0.123 e. The van der Waals surface area contributed by atoms with E-state index in [9.17, 15) is 0 Å². The van der Waals surface area contributed by atoms with Crippen LogP contribution in [0.1, 0.15) is 12.0 Å². The number of aliphatic hydroxyl groups is 1. The topological polar surface area (TPSA) is 73.3 Å². The van der Waals surface area contributed by atoms with Crippen LogP contribution in [0.5, 0.6) is 0 Å². The first-order chi connectivity index (χ1) is 8.11. The van der Waals surface area contributed by atoms with E-state index < -0.39 is 0 Å². The van der Waals surface area contributed by atoms with Crippen molar-refractivity contribution in [1.82, 2.24) is 0 Å². The van der Waals surface area contributed by atoms with E-state index in [2.05, 4.69) is 20.8 Å². The summed E-state index contributed by atoms with van der Waals surface area (Å²) < 4.78 is 0.843. The van der Waals surface area contributed by atoms with Crippen molar-refractivity contribution in [2.45, 2.75) is 6.42 Å². The highest BCUT2D eigenvalue weighted by molar-refractivity contribution is 9.10. The Labute approximate surface area is 109 Å². The molecule has 0 bridgehead atoms. The smallest absolute Gasteiger partial charge is 0.123 e. The minimum Gasteiger partial charge on any atom is -0.396 e. The summed E-state index contributed by atoms with van der Waals surface area (Å²) in [6, 6.07) is 5.81. The zero-order valence-electron chi connectivity index (χ0n) is 9.49. The molecule has 4 nitrogen and oxygen atoms in total. The highest BCUT2D eigenvalue weighted by atomic mass is 79.9. The van der Waals surface area contributed by atoms with Gasteiger partial charge in [-0.15, -0.1) is 0 Å². The van der Waals surface area contributed by atoms with E-state index in [0.29, 0.717) is 11.5 Å². The normalized spacial score (nSPS) is 19.6. The lowest BCUT2D eigenvalue weighted by molar-refractivity contribution is 0.238. The second-order valence-electron chi connectivity index (χ2n) is 4.36. The van der Waals surface area contributed by atoms with Gasteiger partial charge in [0.1, 0.15) is 5.84 Å². The summed E-state index contributed by atoms with van der Waals surface area (Å²) in [6.07, 6.45) is 1.03. The molecular formula is C12H16BrN3O. The number of nitrogens with zero attached hydrogens (tertiary/aromatic N) is 1. The van der Waals surface area contributed by atoms with Gasteiger partial charge in [-0.05, 0) is 40.5 Å². The molecule has 17 heavy (non-hydrogen) atoms. The van der Waals surface area contributed by atoms with Crippen molar-refractivity contribution in [2.75, 3.05) is 24.6 Å². The molecule has 1 aliphatic rings. The number of anilines is 1. The number of rotatable bonds is 3. The maximum atomic E-state index is 9.12. The molecule has 1 atom stereocenters. The zero-order chi connectivity index (χ0) is 12.4. The summed E-state index contributed by atoms with van der Waals surface area (Å²) in [4.78, 5) is 2.25. The van der Waals surface area contributed by atoms with Gasteiger partial charge in [-0.25, -0.2) is 0 Å². The Bertz CT molecular complexity index is 436. The molecule has 1 fully saturated rings. The average molecular weight is 298 g/mol. The molecule has 4 N–H and O–H groups in total. The molecule has 0 radical (unpaired) electrons. The molecule has 0 spiro atoms. The fourth-order valence-electron chi connectivity index (χ4n) is 2.14. The second-order valence-corrected chi connectivity index (χ2v) is 5.22. The summed E-state index contributed by atoms with van der Waals surface area (Å²) in [5.41, 5.74) is 7.29. The Hall–Kier alpha value is -1.07. The molecule has 2 rings (SSSR count). The van der Waals surface area contributed by atoms with Gasteiger partial charge in [-0.1, -0.05) is 0 Å². The summed E-state index contributed by atoms with van der Waals surface area (Å²) in [6.45, 7) is 2.11. The van der Waals surface area contributed by atoms with Gasteiger partial charge < -0.3 is 15.7 Å². The van der Waals surface area contributed by atoms with Crippen LogP contribution in [-0.4, -0.2) is 30.6 Å². The number of hydrogen-bond donors (Lipinski definition) is 3. The van der Waals surface area contributed by atoms with Gasteiger partial charge >= 0.3 is 0 Å². The molecule has 1 unspecified atom stereocenters. The van der Waals surface area contributed by atoms with Crippen molar-refractivity contribution in [1.29, 1.82) is 5.41 Å². The fraction of sp³-hybridized carbons (Fsp3) is 0.417. The molecule has 0 amide bonds. The first-order valence-corrected chi connectivity index (χ1v) is 6.41. The largest absolute Gasteiger partial charge is 0.396 e. The third-order valence-corrected chi connectivity index (χ3v) is 3.81. The molecular weight excluding hydrogens is 282 g/mol. The Morgan fingerprint density at radius 2 is 2.35 bits per heavy atom. The van der Waals surface area contributed by atoms with Crippen molar-refractivity contribution in [3.63, 3.8) is 0 Å². The molecule has 0 aromatic heterocycles. The standard InChI is InChI=1S/C12H16BrN3O/c13-11-5-9(1-2-10(11)12(14)15)16-4-3-8(6-16)7-17/h1-2,5,8,17H,3-4,6-7H2,(H3,14,15). The number of benzene rings is 1. The van der Waals surface area contributed by atoms with Gasteiger partial charge in [0.15, 0.2) is 0 Å². The number of halogens is 1. The highest BCUT2D eigenvalue weighted by Gasteiger charge is 2.22. The lowest BCUT2D eigenvalue weighted by Gasteiger charge is -2.19. The number of nitrogen functional groups attached to an aromatic ring is 1. The Morgan fingerprint density at radius 1 is 1.59 bits per heavy atom. The lowest BCUT2D eigenvalue weighted by atomic mass is 10.1. The molecule has 92 valence electrons. The van der Waals surface area contributed by atoms with Crippen LogP contribution in [0.15, 0.2) is 22.7 Å². The van der Waals surface area contributed by atoms with Crippen LogP contribution in [0, 0.1) is 11.3 Å². The zero-order valence-corrected chi connectivity index (χ0v) is 11.1. The van der Waals surface area contributed by atoms with E-state index in [1.807, 2.05) is 18.2 Å². The number of nitrogens with one attached hydrogen (secondary N) is 1. The summed E-state index contributed by atoms with van der Waals surface area (Å²) in [5, 5.41) is 16.5. The van der Waals surface area contributed by atoms with Gasteiger partial charge in [0.05, 0.1) is 0 Å². The SMILES string of the molecule is N=C(N)c1ccc(N2CCC(CO)C2)cc1Br. The summed E-state index contributed by atoms with van der Waals surface area (Å²) in [5.74, 6) is 0.444. The first kappa shape index (κ1) is 12.4. The van der Waals surface area contributed by atoms with E-state index in [-0.39, 0.29) is 12.4 Å². The molecule has 1 heterocycles. The molecule has 1 aliphatic heterocycles. The minimum atomic E-state index is 0.0677. The third kappa shape index (κ3) is 2.61. The van der Waals surface area contributed by atoms with Crippen LogP contribution in [-0.2, 0) is 0 Å². The van der Waals surface area contributed by atoms with E-state index in [1.54, 1.807) is 0 Å².